The van der Waals surface area contributed by atoms with Crippen LogP contribution < -0.4 is 4.72 Å². The molecular weight excluding hydrogens is 294 g/mol. The summed E-state index contributed by atoms with van der Waals surface area (Å²) in [6, 6.07) is 4.92. The zero-order valence-electron chi connectivity index (χ0n) is 12.1. The third-order valence-corrected chi connectivity index (χ3v) is 4.93. The maximum absolute atomic E-state index is 12.0. The van der Waals surface area contributed by atoms with E-state index in [-0.39, 0.29) is 22.9 Å². The van der Waals surface area contributed by atoms with Gasteiger partial charge in [-0.1, -0.05) is 26.7 Å². The molecular formula is C14H21NO5S. The zero-order chi connectivity index (χ0) is 16.0. The van der Waals surface area contributed by atoms with Gasteiger partial charge in [-0.25, -0.2) is 17.9 Å². The van der Waals surface area contributed by atoms with Gasteiger partial charge in [0.05, 0.1) is 16.6 Å². The van der Waals surface area contributed by atoms with Gasteiger partial charge in [0.15, 0.2) is 0 Å². The molecule has 0 spiro atoms. The minimum Gasteiger partial charge on any atom is -0.478 e. The Hall–Kier alpha value is -1.44. The molecule has 7 heteroatoms. The van der Waals surface area contributed by atoms with E-state index in [4.69, 9.17) is 5.11 Å². The van der Waals surface area contributed by atoms with E-state index < -0.39 is 22.1 Å². The summed E-state index contributed by atoms with van der Waals surface area (Å²) < 4.78 is 26.4. The third kappa shape index (κ3) is 4.80. The standard InChI is InChI=1S/C14H21NO5S/c1-3-10(4-2)13(16)9-15-21(19,20)12-7-5-11(6-8-12)14(17)18/h5-8,10,13,15-16H,3-4,9H2,1-2H3,(H,17,18). The van der Waals surface area contributed by atoms with Crippen LogP contribution in [0.1, 0.15) is 37.0 Å². The van der Waals surface area contributed by atoms with Gasteiger partial charge in [0.25, 0.3) is 0 Å². The molecule has 0 heterocycles. The molecule has 0 aliphatic heterocycles. The summed E-state index contributed by atoms with van der Waals surface area (Å²) >= 11 is 0. The number of aliphatic hydroxyl groups excluding tert-OH is 1. The lowest BCUT2D eigenvalue weighted by Crippen LogP contribution is -2.36. The van der Waals surface area contributed by atoms with Gasteiger partial charge in [-0.05, 0) is 30.2 Å². The van der Waals surface area contributed by atoms with Gasteiger partial charge < -0.3 is 10.2 Å². The van der Waals surface area contributed by atoms with Crippen LogP contribution in [0.5, 0.6) is 0 Å². The Morgan fingerprint density at radius 2 is 1.71 bits per heavy atom. The predicted molar refractivity (Wildman–Crippen MR) is 78.7 cm³/mol. The summed E-state index contributed by atoms with van der Waals surface area (Å²) in [5, 5.41) is 18.7. The van der Waals surface area contributed by atoms with Crippen molar-refractivity contribution >= 4 is 16.0 Å². The monoisotopic (exact) mass is 315 g/mol. The van der Waals surface area contributed by atoms with Crippen molar-refractivity contribution in [1.29, 1.82) is 0 Å². The van der Waals surface area contributed by atoms with Crippen molar-refractivity contribution in [1.82, 2.24) is 4.72 Å². The minimum atomic E-state index is -3.75. The van der Waals surface area contributed by atoms with Gasteiger partial charge in [0, 0.05) is 6.54 Å². The van der Waals surface area contributed by atoms with E-state index in [1.165, 1.54) is 24.3 Å². The fourth-order valence-electron chi connectivity index (χ4n) is 2.05. The van der Waals surface area contributed by atoms with Gasteiger partial charge in [0.1, 0.15) is 0 Å². The van der Waals surface area contributed by atoms with E-state index in [0.29, 0.717) is 0 Å². The molecule has 6 nitrogen and oxygen atoms in total. The second-order valence-corrected chi connectivity index (χ2v) is 6.59. The number of aliphatic hydroxyl groups is 1. The van der Waals surface area contributed by atoms with E-state index in [2.05, 4.69) is 4.72 Å². The topological polar surface area (TPSA) is 104 Å². The second-order valence-electron chi connectivity index (χ2n) is 4.83. The van der Waals surface area contributed by atoms with Crippen LogP contribution >= 0.6 is 0 Å². The molecule has 1 aromatic rings. The Labute approximate surface area is 124 Å². The number of carboxylic acids is 1. The number of carbonyl (C=O) groups is 1. The lowest BCUT2D eigenvalue weighted by molar-refractivity contribution is 0.0696. The van der Waals surface area contributed by atoms with E-state index >= 15 is 0 Å². The van der Waals surface area contributed by atoms with Crippen LogP contribution in [0.2, 0.25) is 0 Å². The van der Waals surface area contributed by atoms with Crippen molar-refractivity contribution in [3.63, 3.8) is 0 Å². The summed E-state index contributed by atoms with van der Waals surface area (Å²) in [5.74, 6) is -1.07. The van der Waals surface area contributed by atoms with Crippen LogP contribution in [0.3, 0.4) is 0 Å². The Morgan fingerprint density at radius 3 is 2.14 bits per heavy atom. The highest BCUT2D eigenvalue weighted by Crippen LogP contribution is 2.14. The van der Waals surface area contributed by atoms with E-state index in [1.807, 2.05) is 13.8 Å². The van der Waals surface area contributed by atoms with Gasteiger partial charge in [-0.3, -0.25) is 0 Å². The first-order valence-corrected chi connectivity index (χ1v) is 8.31. The van der Waals surface area contributed by atoms with Crippen LogP contribution in [0.4, 0.5) is 0 Å². The number of aromatic carboxylic acids is 1. The van der Waals surface area contributed by atoms with Crippen molar-refractivity contribution in [2.75, 3.05) is 6.54 Å². The summed E-state index contributed by atoms with van der Waals surface area (Å²) in [6.45, 7) is 3.82. The van der Waals surface area contributed by atoms with Gasteiger partial charge in [0.2, 0.25) is 10.0 Å². The zero-order valence-corrected chi connectivity index (χ0v) is 12.9. The second kappa shape index (κ2) is 7.53. The largest absolute Gasteiger partial charge is 0.478 e. The SMILES string of the molecule is CCC(CC)C(O)CNS(=O)(=O)c1ccc(C(=O)O)cc1. The number of benzene rings is 1. The Bertz CT molecular complexity index is 564. The van der Waals surface area contributed by atoms with Gasteiger partial charge >= 0.3 is 5.97 Å². The fourth-order valence-corrected chi connectivity index (χ4v) is 3.11. The average Bonchev–Trinajstić information content (AvgIpc) is 2.46. The van der Waals surface area contributed by atoms with E-state index in [0.717, 1.165) is 12.8 Å². The van der Waals surface area contributed by atoms with E-state index in [1.54, 1.807) is 0 Å². The first-order chi connectivity index (χ1) is 9.81. The number of hydrogen-bond donors (Lipinski definition) is 3. The highest BCUT2D eigenvalue weighted by molar-refractivity contribution is 7.89. The van der Waals surface area contributed by atoms with Crippen LogP contribution in [-0.4, -0.2) is 37.2 Å². The summed E-state index contributed by atoms with van der Waals surface area (Å²) in [4.78, 5) is 10.7. The van der Waals surface area contributed by atoms with Crippen LogP contribution in [-0.2, 0) is 10.0 Å². The Balaban J connectivity index is 2.75. The molecule has 3 N–H and O–H groups in total. The molecule has 0 amide bonds. The molecule has 0 aromatic heterocycles. The molecule has 1 unspecified atom stereocenters. The quantitative estimate of drug-likeness (QED) is 0.674. The van der Waals surface area contributed by atoms with Gasteiger partial charge in [-0.2, -0.15) is 0 Å². The predicted octanol–water partition coefficient (Wildman–Crippen LogP) is 1.46. The van der Waals surface area contributed by atoms with Crippen molar-refractivity contribution in [3.8, 4) is 0 Å². The summed E-state index contributed by atoms with van der Waals surface area (Å²) in [5.41, 5.74) is 0.0195. The number of rotatable bonds is 8. The number of carboxylic acid groups (broad SMARTS) is 1. The molecule has 1 atom stereocenters. The molecule has 118 valence electrons. The van der Waals surface area contributed by atoms with E-state index in [9.17, 15) is 18.3 Å². The van der Waals surface area contributed by atoms with Gasteiger partial charge in [-0.15, -0.1) is 0 Å². The first kappa shape index (κ1) is 17.6. The minimum absolute atomic E-state index is 0.0195. The number of hydrogen-bond acceptors (Lipinski definition) is 4. The molecule has 0 bridgehead atoms. The molecule has 0 saturated heterocycles. The molecule has 0 aliphatic rings. The van der Waals surface area contributed by atoms with Crippen molar-refractivity contribution in [3.05, 3.63) is 29.8 Å². The number of nitrogens with one attached hydrogen (secondary N) is 1. The molecule has 21 heavy (non-hydrogen) atoms. The highest BCUT2D eigenvalue weighted by atomic mass is 32.2. The maximum atomic E-state index is 12.0. The fraction of sp³-hybridized carbons (Fsp3) is 0.500. The molecule has 0 fully saturated rings. The first-order valence-electron chi connectivity index (χ1n) is 6.82. The molecule has 1 aromatic carbocycles. The number of sulfonamides is 1. The third-order valence-electron chi connectivity index (χ3n) is 3.49. The summed E-state index contributed by atoms with van der Waals surface area (Å²) in [6.07, 6.45) is 0.799. The molecule has 0 saturated carbocycles. The summed E-state index contributed by atoms with van der Waals surface area (Å²) in [7, 11) is -3.75. The normalized spacial score (nSPS) is 13.3. The lowest BCUT2D eigenvalue weighted by atomic mass is 9.97. The highest BCUT2D eigenvalue weighted by Gasteiger charge is 2.20. The smallest absolute Gasteiger partial charge is 0.335 e. The van der Waals surface area contributed by atoms with Crippen molar-refractivity contribution in [2.24, 2.45) is 5.92 Å². The van der Waals surface area contributed by atoms with Crippen LogP contribution in [0, 0.1) is 5.92 Å². The Morgan fingerprint density at radius 1 is 1.19 bits per heavy atom. The average molecular weight is 315 g/mol. The molecule has 0 radical (unpaired) electrons. The van der Waals surface area contributed by atoms with Crippen LogP contribution in [0.25, 0.3) is 0 Å². The Kier molecular flexibility index (Phi) is 6.32. The van der Waals surface area contributed by atoms with Crippen LogP contribution in [0.15, 0.2) is 29.2 Å². The molecule has 1 rings (SSSR count). The van der Waals surface area contributed by atoms with Crippen molar-refractivity contribution in [2.45, 2.75) is 37.7 Å². The lowest BCUT2D eigenvalue weighted by Gasteiger charge is -2.20. The van der Waals surface area contributed by atoms with Crippen molar-refractivity contribution < 1.29 is 23.4 Å². The molecule has 0 aliphatic carbocycles. The maximum Gasteiger partial charge on any atom is 0.335 e.